The zero-order valence-electron chi connectivity index (χ0n) is 19.2. The number of benzene rings is 2. The highest BCUT2D eigenvalue weighted by molar-refractivity contribution is 6.35. The second-order valence-electron chi connectivity index (χ2n) is 7.57. The molecule has 16 nitrogen and oxygen atoms in total. The number of hydrogen-bond donors (Lipinski definition) is 1. The zero-order valence-corrected chi connectivity index (χ0v) is 20.0. The molecule has 0 saturated carbocycles. The number of aromatic nitrogens is 4. The van der Waals surface area contributed by atoms with Gasteiger partial charge in [-0.25, -0.2) is 9.26 Å². The minimum atomic E-state index is -0.567. The molecule has 0 bridgehead atoms. The second kappa shape index (κ2) is 12.3. The van der Waals surface area contributed by atoms with Crippen LogP contribution in [0.5, 0.6) is 0 Å². The summed E-state index contributed by atoms with van der Waals surface area (Å²) in [6.07, 6.45) is 0. The van der Waals surface area contributed by atoms with Crippen molar-refractivity contribution >= 4 is 50.7 Å². The molecule has 17 heteroatoms. The van der Waals surface area contributed by atoms with E-state index in [0.717, 1.165) is 45.1 Å². The minimum absolute atomic E-state index is 0.0671. The van der Waals surface area contributed by atoms with E-state index in [0.29, 0.717) is 18.7 Å². The van der Waals surface area contributed by atoms with Crippen LogP contribution in [0, 0.1) is 20.2 Å². The first kappa shape index (κ1) is 26.1. The van der Waals surface area contributed by atoms with Crippen LogP contribution in [0.2, 0.25) is 5.02 Å². The Labute approximate surface area is 212 Å². The standard InChI is InChI=1S/C10H10N4O4.C6H2ClN3O3.C4H9NO/c15-14(16)8-2-1-7(9-10(8)12-18-11-9)13-3-5-17-6-4-13;7-3-1-2-4(10(11)12)6-5(3)8-13-9-6;1-3-6-4-2-5-1/h1-2H,3-6H2;1-2H;5H,1-4H2. The molecule has 0 unspecified atom stereocenters. The predicted octanol–water partition coefficient (Wildman–Crippen LogP) is 2.36. The highest BCUT2D eigenvalue weighted by Crippen LogP contribution is 2.31. The first-order valence-corrected chi connectivity index (χ1v) is 11.4. The lowest BCUT2D eigenvalue weighted by atomic mass is 10.2. The van der Waals surface area contributed by atoms with Crippen molar-refractivity contribution in [1.29, 1.82) is 0 Å². The summed E-state index contributed by atoms with van der Waals surface area (Å²) in [5.41, 5.74) is 1.41. The summed E-state index contributed by atoms with van der Waals surface area (Å²) in [5.74, 6) is 0. The summed E-state index contributed by atoms with van der Waals surface area (Å²) in [5, 5.41) is 39.0. The van der Waals surface area contributed by atoms with Crippen molar-refractivity contribution in [3.8, 4) is 0 Å². The van der Waals surface area contributed by atoms with E-state index in [4.69, 9.17) is 21.1 Å². The highest BCUT2D eigenvalue weighted by Gasteiger charge is 2.23. The zero-order chi connectivity index (χ0) is 26.2. The number of ether oxygens (including phenoxy) is 2. The Morgan fingerprint density at radius 1 is 0.757 bits per heavy atom. The van der Waals surface area contributed by atoms with E-state index in [2.05, 4.69) is 40.1 Å². The largest absolute Gasteiger partial charge is 0.379 e. The molecular weight excluding hydrogens is 516 g/mol. The van der Waals surface area contributed by atoms with Gasteiger partial charge in [-0.3, -0.25) is 20.2 Å². The van der Waals surface area contributed by atoms with E-state index in [-0.39, 0.29) is 32.9 Å². The molecule has 2 aliphatic heterocycles. The van der Waals surface area contributed by atoms with Gasteiger partial charge in [-0.15, -0.1) is 0 Å². The molecule has 0 amide bonds. The summed E-state index contributed by atoms with van der Waals surface area (Å²) in [6, 6.07) is 5.74. The van der Waals surface area contributed by atoms with Crippen LogP contribution < -0.4 is 10.2 Å². The van der Waals surface area contributed by atoms with E-state index in [1.165, 1.54) is 18.2 Å². The fourth-order valence-electron chi connectivity index (χ4n) is 3.53. The van der Waals surface area contributed by atoms with E-state index in [1.807, 2.05) is 0 Å². The maximum atomic E-state index is 10.9. The van der Waals surface area contributed by atoms with E-state index >= 15 is 0 Å². The molecule has 0 radical (unpaired) electrons. The molecule has 0 atom stereocenters. The van der Waals surface area contributed by atoms with Gasteiger partial charge >= 0.3 is 11.4 Å². The number of rotatable bonds is 3. The van der Waals surface area contributed by atoms with Gasteiger partial charge in [0.25, 0.3) is 0 Å². The lowest BCUT2D eigenvalue weighted by molar-refractivity contribution is -0.383. The predicted molar refractivity (Wildman–Crippen MR) is 129 cm³/mol. The van der Waals surface area contributed by atoms with Gasteiger partial charge in [-0.05, 0) is 32.8 Å². The molecule has 2 saturated heterocycles. The Balaban J connectivity index is 0.000000146. The number of nitrogens with one attached hydrogen (secondary N) is 1. The average Bonchev–Trinajstić information content (AvgIpc) is 3.61. The first-order valence-electron chi connectivity index (χ1n) is 11.0. The smallest absolute Gasteiger partial charge is 0.300 e. The van der Waals surface area contributed by atoms with Gasteiger partial charge in [0, 0.05) is 38.3 Å². The van der Waals surface area contributed by atoms with Crippen molar-refractivity contribution in [1.82, 2.24) is 25.9 Å². The summed E-state index contributed by atoms with van der Waals surface area (Å²) in [6.45, 7) is 6.53. The molecule has 4 aromatic rings. The number of nitro groups is 2. The van der Waals surface area contributed by atoms with Crippen LogP contribution in [-0.4, -0.2) is 83.1 Å². The average molecular weight is 537 g/mol. The van der Waals surface area contributed by atoms with Crippen molar-refractivity contribution in [2.75, 3.05) is 57.5 Å². The number of hydrogen-bond acceptors (Lipinski definition) is 14. The quantitative estimate of drug-likeness (QED) is 0.295. The van der Waals surface area contributed by atoms with Gasteiger partial charge in [-0.1, -0.05) is 11.6 Å². The molecule has 6 rings (SSSR count). The molecule has 2 aromatic carbocycles. The second-order valence-corrected chi connectivity index (χ2v) is 7.98. The minimum Gasteiger partial charge on any atom is -0.379 e. The van der Waals surface area contributed by atoms with Crippen LogP contribution in [0.3, 0.4) is 0 Å². The van der Waals surface area contributed by atoms with Gasteiger partial charge < -0.3 is 19.7 Å². The number of morpholine rings is 2. The van der Waals surface area contributed by atoms with E-state index < -0.39 is 9.85 Å². The van der Waals surface area contributed by atoms with Crippen molar-refractivity contribution in [2.24, 2.45) is 0 Å². The molecule has 1 N–H and O–H groups in total. The Morgan fingerprint density at radius 3 is 1.81 bits per heavy atom. The van der Waals surface area contributed by atoms with E-state index in [1.54, 1.807) is 6.07 Å². The van der Waals surface area contributed by atoms with Crippen LogP contribution >= 0.6 is 11.6 Å². The molecule has 37 heavy (non-hydrogen) atoms. The van der Waals surface area contributed by atoms with Crippen LogP contribution in [0.4, 0.5) is 17.1 Å². The lowest BCUT2D eigenvalue weighted by Gasteiger charge is -2.28. The van der Waals surface area contributed by atoms with Crippen molar-refractivity contribution in [3.05, 3.63) is 49.5 Å². The van der Waals surface area contributed by atoms with Gasteiger partial charge in [0.2, 0.25) is 11.0 Å². The first-order chi connectivity index (χ1) is 18.0. The monoisotopic (exact) mass is 536 g/mol. The lowest BCUT2D eigenvalue weighted by Crippen LogP contribution is -2.36. The Hall–Kier alpha value is -3.99. The molecule has 196 valence electrons. The van der Waals surface area contributed by atoms with Crippen molar-refractivity contribution < 1.29 is 28.6 Å². The third-order valence-corrected chi connectivity index (χ3v) is 5.61. The Bertz CT molecular complexity index is 1360. The summed E-state index contributed by atoms with van der Waals surface area (Å²) < 4.78 is 19.2. The Morgan fingerprint density at radius 2 is 1.27 bits per heavy atom. The Kier molecular flexibility index (Phi) is 8.68. The molecule has 2 aliphatic rings. The topological polar surface area (TPSA) is 198 Å². The number of nitro benzene ring substituents is 2. The molecule has 0 aliphatic carbocycles. The number of halogens is 1. The van der Waals surface area contributed by atoms with Crippen LogP contribution in [-0.2, 0) is 9.47 Å². The van der Waals surface area contributed by atoms with Crippen molar-refractivity contribution in [3.63, 3.8) is 0 Å². The van der Waals surface area contributed by atoms with Gasteiger partial charge in [-0.2, -0.15) is 0 Å². The van der Waals surface area contributed by atoms with Crippen LogP contribution in [0.1, 0.15) is 0 Å². The van der Waals surface area contributed by atoms with Gasteiger partial charge in [0.15, 0.2) is 11.0 Å². The van der Waals surface area contributed by atoms with E-state index in [9.17, 15) is 20.2 Å². The highest BCUT2D eigenvalue weighted by atomic mass is 35.5. The summed E-state index contributed by atoms with van der Waals surface area (Å²) in [7, 11) is 0. The molecule has 2 aromatic heterocycles. The SMILES string of the molecule is C1COCCN1.O=[N+]([O-])c1ccc(Cl)c2nonc12.O=[N+]([O-])c1ccc(N2CCOCC2)c2nonc12. The maximum Gasteiger partial charge on any atom is 0.300 e. The fourth-order valence-corrected chi connectivity index (χ4v) is 3.72. The number of non-ortho nitro benzene ring substituents is 2. The molecule has 0 spiro atoms. The normalized spacial score (nSPS) is 15.4. The molecule has 4 heterocycles. The van der Waals surface area contributed by atoms with Gasteiger partial charge in [0.05, 0.1) is 47.0 Å². The molecule has 2 fully saturated rings. The maximum absolute atomic E-state index is 10.9. The molecular formula is C20H21ClN8O8. The number of anilines is 1. The third kappa shape index (κ3) is 6.23. The van der Waals surface area contributed by atoms with Crippen LogP contribution in [0.25, 0.3) is 22.1 Å². The fraction of sp³-hybridized carbons (Fsp3) is 0.400. The summed E-state index contributed by atoms with van der Waals surface area (Å²) >= 11 is 5.69. The third-order valence-electron chi connectivity index (χ3n) is 5.31. The number of fused-ring (bicyclic) bond motifs is 2. The van der Waals surface area contributed by atoms with Crippen molar-refractivity contribution in [2.45, 2.75) is 0 Å². The van der Waals surface area contributed by atoms with Crippen LogP contribution in [0.15, 0.2) is 33.5 Å². The summed E-state index contributed by atoms with van der Waals surface area (Å²) in [4.78, 5) is 22.3. The van der Waals surface area contributed by atoms with Gasteiger partial charge in [0.1, 0.15) is 0 Å². The number of nitrogens with zero attached hydrogens (tertiary/aromatic N) is 7.